The van der Waals surface area contributed by atoms with Gasteiger partial charge in [0, 0.05) is 37.9 Å². The Hall–Kier alpha value is -3.09. The quantitative estimate of drug-likeness (QED) is 0.686. The minimum Gasteiger partial charge on any atom is -0.338 e. The molecule has 2 N–H and O–H groups in total. The number of aromatic nitrogens is 4. The predicted octanol–water partition coefficient (Wildman–Crippen LogP) is 2.28. The smallest absolute Gasteiger partial charge is 0.319 e. The van der Waals surface area contributed by atoms with Crippen molar-refractivity contribution < 1.29 is 4.79 Å². The molecule has 3 aromatic rings. The number of carbonyl (C=O) groups is 1. The third-order valence-electron chi connectivity index (χ3n) is 3.31. The minimum atomic E-state index is -0.231. The van der Waals surface area contributed by atoms with E-state index in [1.54, 1.807) is 17.1 Å². The van der Waals surface area contributed by atoms with E-state index < -0.39 is 0 Å². The number of carbonyl (C=O) groups excluding carboxylic acids is 1. The summed E-state index contributed by atoms with van der Waals surface area (Å²) in [6.45, 7) is 1.35. The lowest BCUT2D eigenvalue weighted by atomic mass is 10.2. The van der Waals surface area contributed by atoms with Gasteiger partial charge in [0.25, 0.3) is 0 Å². The summed E-state index contributed by atoms with van der Waals surface area (Å²) >= 11 is 0. The van der Waals surface area contributed by atoms with Crippen LogP contribution in [0.5, 0.6) is 0 Å². The largest absolute Gasteiger partial charge is 0.338 e. The Labute approximate surface area is 133 Å². The van der Waals surface area contributed by atoms with E-state index in [1.807, 2.05) is 53.5 Å². The molecular formula is C16H18N6O. The van der Waals surface area contributed by atoms with Gasteiger partial charge in [-0.3, -0.25) is 4.68 Å². The van der Waals surface area contributed by atoms with Crippen LogP contribution in [0, 0.1) is 0 Å². The maximum Gasteiger partial charge on any atom is 0.319 e. The fourth-order valence-corrected chi connectivity index (χ4v) is 2.23. The number of nitrogens with one attached hydrogen (secondary N) is 2. The molecule has 3 rings (SSSR count). The van der Waals surface area contributed by atoms with Crippen molar-refractivity contribution in [2.24, 2.45) is 0 Å². The minimum absolute atomic E-state index is 0.231. The zero-order chi connectivity index (χ0) is 15.9. The molecule has 1 aromatic carbocycles. The van der Waals surface area contributed by atoms with Crippen molar-refractivity contribution in [2.45, 2.75) is 13.0 Å². The molecule has 7 heteroatoms. The van der Waals surface area contributed by atoms with Crippen molar-refractivity contribution >= 4 is 11.7 Å². The first-order valence-corrected chi connectivity index (χ1v) is 7.44. The van der Waals surface area contributed by atoms with Crippen LogP contribution in [0.25, 0.3) is 5.69 Å². The van der Waals surface area contributed by atoms with Crippen LogP contribution in [0.1, 0.15) is 6.42 Å². The van der Waals surface area contributed by atoms with Gasteiger partial charge < -0.3 is 10.6 Å². The summed E-state index contributed by atoms with van der Waals surface area (Å²) < 4.78 is 3.56. The highest BCUT2D eigenvalue weighted by molar-refractivity contribution is 5.91. The molecule has 7 nitrogen and oxygen atoms in total. The number of aryl methyl sites for hydroxylation is 1. The lowest BCUT2D eigenvalue weighted by Crippen LogP contribution is -2.30. The molecule has 0 aliphatic rings. The Morgan fingerprint density at radius 3 is 2.65 bits per heavy atom. The molecule has 2 heterocycles. The van der Waals surface area contributed by atoms with E-state index in [0.717, 1.165) is 18.7 Å². The summed E-state index contributed by atoms with van der Waals surface area (Å²) in [5, 5.41) is 14.0. The zero-order valence-electron chi connectivity index (χ0n) is 12.6. The molecule has 0 spiro atoms. The van der Waals surface area contributed by atoms with E-state index in [0.29, 0.717) is 12.2 Å². The highest BCUT2D eigenvalue weighted by Crippen LogP contribution is 2.18. The highest BCUT2D eigenvalue weighted by Gasteiger charge is 2.07. The summed E-state index contributed by atoms with van der Waals surface area (Å²) in [6, 6.07) is 11.0. The summed E-state index contributed by atoms with van der Waals surface area (Å²) in [6.07, 6.45) is 8.00. The van der Waals surface area contributed by atoms with E-state index in [-0.39, 0.29) is 6.03 Å². The molecule has 2 amide bonds. The number of para-hydroxylation sites is 2. The number of anilines is 1. The third-order valence-corrected chi connectivity index (χ3v) is 3.31. The van der Waals surface area contributed by atoms with Crippen LogP contribution in [-0.2, 0) is 6.54 Å². The van der Waals surface area contributed by atoms with Gasteiger partial charge in [0.2, 0.25) is 0 Å². The van der Waals surface area contributed by atoms with E-state index in [9.17, 15) is 4.79 Å². The fraction of sp³-hybridized carbons (Fsp3) is 0.188. The summed E-state index contributed by atoms with van der Waals surface area (Å²) in [5.41, 5.74) is 1.53. The maximum atomic E-state index is 12.0. The van der Waals surface area contributed by atoms with Crippen molar-refractivity contribution in [1.29, 1.82) is 0 Å². The fourth-order valence-electron chi connectivity index (χ4n) is 2.23. The van der Waals surface area contributed by atoms with Gasteiger partial charge in [-0.25, -0.2) is 9.48 Å². The molecule has 0 saturated carbocycles. The van der Waals surface area contributed by atoms with Gasteiger partial charge in [0.15, 0.2) is 0 Å². The monoisotopic (exact) mass is 310 g/mol. The van der Waals surface area contributed by atoms with E-state index >= 15 is 0 Å². The van der Waals surface area contributed by atoms with Gasteiger partial charge in [0.05, 0.1) is 11.4 Å². The Balaban J connectivity index is 1.52. The van der Waals surface area contributed by atoms with E-state index in [4.69, 9.17) is 0 Å². The maximum absolute atomic E-state index is 12.0. The normalized spacial score (nSPS) is 10.4. The Bertz CT molecular complexity index is 736. The second kappa shape index (κ2) is 7.26. The summed E-state index contributed by atoms with van der Waals surface area (Å²) in [4.78, 5) is 12.0. The second-order valence-corrected chi connectivity index (χ2v) is 4.97. The Morgan fingerprint density at radius 2 is 1.87 bits per heavy atom. The summed E-state index contributed by atoms with van der Waals surface area (Å²) in [5.74, 6) is 0. The molecule has 0 unspecified atom stereocenters. The third kappa shape index (κ3) is 3.97. The lowest BCUT2D eigenvalue weighted by molar-refractivity contribution is 0.251. The van der Waals surface area contributed by atoms with Gasteiger partial charge >= 0.3 is 6.03 Å². The molecular weight excluding hydrogens is 292 g/mol. The van der Waals surface area contributed by atoms with E-state index in [2.05, 4.69) is 20.8 Å². The van der Waals surface area contributed by atoms with Crippen LogP contribution in [0.3, 0.4) is 0 Å². The standard InChI is InChI=1S/C16H18N6O/c23-16(17-8-3-11-21-12-4-9-18-21)20-14-6-1-2-7-15(14)22-13-5-10-19-22/h1-2,4-7,9-10,12-13H,3,8,11H2,(H2,17,20,23). The first-order chi connectivity index (χ1) is 11.3. The van der Waals surface area contributed by atoms with Crippen molar-refractivity contribution in [1.82, 2.24) is 24.9 Å². The van der Waals surface area contributed by atoms with Crippen LogP contribution in [0.15, 0.2) is 61.2 Å². The number of hydrogen-bond acceptors (Lipinski definition) is 3. The summed E-state index contributed by atoms with van der Waals surface area (Å²) in [7, 11) is 0. The zero-order valence-corrected chi connectivity index (χ0v) is 12.6. The number of rotatable bonds is 6. The van der Waals surface area contributed by atoms with Crippen LogP contribution < -0.4 is 10.6 Å². The average molecular weight is 310 g/mol. The van der Waals surface area contributed by atoms with Crippen molar-refractivity contribution in [2.75, 3.05) is 11.9 Å². The first-order valence-electron chi connectivity index (χ1n) is 7.44. The average Bonchev–Trinajstić information content (AvgIpc) is 3.26. The van der Waals surface area contributed by atoms with Crippen LogP contribution >= 0.6 is 0 Å². The van der Waals surface area contributed by atoms with Gasteiger partial charge in [0.1, 0.15) is 0 Å². The number of urea groups is 1. The number of benzene rings is 1. The Kier molecular flexibility index (Phi) is 4.68. The molecule has 0 bridgehead atoms. The molecule has 0 aliphatic carbocycles. The van der Waals surface area contributed by atoms with Crippen molar-refractivity contribution in [3.63, 3.8) is 0 Å². The van der Waals surface area contributed by atoms with Crippen molar-refractivity contribution in [3.05, 3.63) is 61.2 Å². The van der Waals surface area contributed by atoms with E-state index in [1.165, 1.54) is 0 Å². The predicted molar refractivity (Wildman–Crippen MR) is 87.4 cm³/mol. The Morgan fingerprint density at radius 1 is 1.04 bits per heavy atom. The van der Waals surface area contributed by atoms with Crippen LogP contribution in [0.4, 0.5) is 10.5 Å². The molecule has 0 fully saturated rings. The molecule has 0 saturated heterocycles. The lowest BCUT2D eigenvalue weighted by Gasteiger charge is -2.12. The second-order valence-electron chi connectivity index (χ2n) is 4.97. The van der Waals surface area contributed by atoms with Gasteiger partial charge in [-0.1, -0.05) is 12.1 Å². The number of amides is 2. The van der Waals surface area contributed by atoms with Gasteiger partial charge in [-0.05, 0) is 30.7 Å². The molecule has 118 valence electrons. The van der Waals surface area contributed by atoms with Gasteiger partial charge in [-0.2, -0.15) is 10.2 Å². The molecule has 0 radical (unpaired) electrons. The van der Waals surface area contributed by atoms with Crippen molar-refractivity contribution in [3.8, 4) is 5.69 Å². The highest BCUT2D eigenvalue weighted by atomic mass is 16.2. The number of nitrogens with zero attached hydrogens (tertiary/aromatic N) is 4. The molecule has 2 aromatic heterocycles. The molecule has 0 aliphatic heterocycles. The SMILES string of the molecule is O=C(NCCCn1cccn1)Nc1ccccc1-n1cccn1. The van der Waals surface area contributed by atoms with Crippen LogP contribution in [0.2, 0.25) is 0 Å². The molecule has 0 atom stereocenters. The van der Waals surface area contributed by atoms with Crippen LogP contribution in [-0.4, -0.2) is 32.1 Å². The van der Waals surface area contributed by atoms with Gasteiger partial charge in [-0.15, -0.1) is 0 Å². The first kappa shape index (κ1) is 14.8. The molecule has 23 heavy (non-hydrogen) atoms. The number of hydrogen-bond donors (Lipinski definition) is 2. The topological polar surface area (TPSA) is 76.8 Å².